The summed E-state index contributed by atoms with van der Waals surface area (Å²) in [5.41, 5.74) is 0. The highest BCUT2D eigenvalue weighted by molar-refractivity contribution is 7.47. The Morgan fingerprint density at radius 3 is 1.38 bits per heavy atom. The van der Waals surface area contributed by atoms with Gasteiger partial charge in [-0.2, -0.15) is 0 Å². The number of nitrogens with one attached hydrogen (secondary N) is 1. The first-order chi connectivity index (χ1) is 23.1. The lowest BCUT2D eigenvalue weighted by Crippen LogP contribution is -2.43. The minimum absolute atomic E-state index is 0.144. The maximum atomic E-state index is 12.1. The molecule has 0 rings (SSSR count). The molecule has 48 heavy (non-hydrogen) atoms. The van der Waals surface area contributed by atoms with Crippen LogP contribution in [0.5, 0.6) is 0 Å². The number of unbranched alkanes of at least 4 members (excludes halogenated alkanes) is 22. The van der Waals surface area contributed by atoms with Crippen LogP contribution in [-0.2, 0) is 32.7 Å². The first-order valence-electron chi connectivity index (χ1n) is 19.1. The second-order valence-corrected chi connectivity index (χ2v) is 14.6. The highest BCUT2D eigenvalue weighted by Gasteiger charge is 2.28. The van der Waals surface area contributed by atoms with Gasteiger partial charge in [-0.1, -0.05) is 155 Å². The van der Waals surface area contributed by atoms with Crippen molar-refractivity contribution in [1.82, 2.24) is 5.32 Å². The van der Waals surface area contributed by atoms with E-state index in [1.54, 1.807) is 0 Å². The molecule has 0 aromatic heterocycles. The van der Waals surface area contributed by atoms with E-state index in [2.05, 4.69) is 19.2 Å². The van der Waals surface area contributed by atoms with Gasteiger partial charge in [0, 0.05) is 12.8 Å². The smallest absolute Gasteiger partial charge is 0.472 e. The third kappa shape index (κ3) is 31.7. The maximum Gasteiger partial charge on any atom is 0.472 e. The van der Waals surface area contributed by atoms with Crippen molar-refractivity contribution in [3.63, 3.8) is 0 Å². The van der Waals surface area contributed by atoms with Crippen molar-refractivity contribution in [3.05, 3.63) is 0 Å². The summed E-state index contributed by atoms with van der Waals surface area (Å²) in [4.78, 5) is 45.3. The number of aliphatic carboxylic acids is 1. The minimum atomic E-state index is -4.73. The number of carboxylic acid groups (broad SMARTS) is 1. The van der Waals surface area contributed by atoms with Crippen molar-refractivity contribution in [3.8, 4) is 0 Å². The van der Waals surface area contributed by atoms with Gasteiger partial charge in [0.15, 0.2) is 6.04 Å². The van der Waals surface area contributed by atoms with E-state index in [0.29, 0.717) is 12.8 Å². The Bertz CT molecular complexity index is 844. The van der Waals surface area contributed by atoms with Gasteiger partial charge in [0.05, 0.1) is 13.2 Å². The van der Waals surface area contributed by atoms with Crippen molar-refractivity contribution in [1.29, 1.82) is 0 Å². The van der Waals surface area contributed by atoms with E-state index in [9.17, 15) is 34.1 Å². The largest absolute Gasteiger partial charge is 0.480 e. The summed E-state index contributed by atoms with van der Waals surface area (Å²) in [6.07, 6.45) is 27.8. The monoisotopic (exact) mass is 707 g/mol. The number of aliphatic hydroxyl groups excluding tert-OH is 1. The number of esters is 1. The molecule has 0 aliphatic carbocycles. The van der Waals surface area contributed by atoms with Crippen LogP contribution in [0.4, 0.5) is 0 Å². The Kier molecular flexibility index (Phi) is 31.6. The Hall–Kier alpha value is -1.52. The van der Waals surface area contributed by atoms with E-state index in [1.165, 1.54) is 96.3 Å². The summed E-state index contributed by atoms with van der Waals surface area (Å²) in [5, 5.41) is 21.6. The standard InChI is InChI=1S/C36H70NO10P/c1-3-5-7-9-10-11-12-13-14-15-16-17-18-19-20-21-22-24-26-28-35(40)45-29-32(38)30-46-48(43,44)47-31-33(36(41)42)37-34(39)27-25-23-8-6-4-2/h32-33,38H,3-31H2,1-2H3,(H,37,39)(H,41,42)(H,43,44). The Morgan fingerprint density at radius 2 is 0.958 bits per heavy atom. The van der Waals surface area contributed by atoms with E-state index < -0.39 is 57.6 Å². The lowest BCUT2D eigenvalue weighted by Gasteiger charge is -2.18. The number of phosphoric acid groups is 1. The molecule has 0 saturated heterocycles. The molecule has 1 amide bonds. The number of aliphatic hydroxyl groups is 1. The van der Waals surface area contributed by atoms with Gasteiger partial charge >= 0.3 is 19.8 Å². The molecule has 0 saturated carbocycles. The number of phosphoric ester groups is 1. The van der Waals surface area contributed by atoms with Crippen molar-refractivity contribution >= 4 is 25.7 Å². The molecule has 0 aliphatic heterocycles. The molecule has 0 radical (unpaired) electrons. The van der Waals surface area contributed by atoms with E-state index in [4.69, 9.17) is 13.8 Å². The molecule has 3 atom stereocenters. The zero-order valence-electron chi connectivity index (χ0n) is 30.3. The average Bonchev–Trinajstić information content (AvgIpc) is 3.05. The van der Waals surface area contributed by atoms with Gasteiger partial charge in [-0.15, -0.1) is 0 Å². The number of carbonyl (C=O) groups excluding carboxylic acids is 2. The summed E-state index contributed by atoms with van der Waals surface area (Å²) in [7, 11) is -4.73. The molecule has 0 bridgehead atoms. The number of rotatable bonds is 36. The summed E-state index contributed by atoms with van der Waals surface area (Å²) >= 11 is 0. The molecule has 0 aromatic rings. The predicted octanol–water partition coefficient (Wildman–Crippen LogP) is 8.78. The normalized spacial score (nSPS) is 13.9. The SMILES string of the molecule is CCCCCCCCCCCCCCCCCCCCCC(=O)OCC(O)COP(=O)(O)OCC(NC(=O)CCCCCCC)C(=O)O. The fraction of sp³-hybridized carbons (Fsp3) is 0.917. The average molecular weight is 708 g/mol. The molecule has 284 valence electrons. The number of carbonyl (C=O) groups is 3. The molecular formula is C36H70NO10P. The molecule has 0 spiro atoms. The maximum absolute atomic E-state index is 12.1. The van der Waals surface area contributed by atoms with Gasteiger partial charge in [0.2, 0.25) is 5.91 Å². The van der Waals surface area contributed by atoms with Crippen LogP contribution in [0.1, 0.15) is 181 Å². The van der Waals surface area contributed by atoms with Crippen molar-refractivity contribution in [2.45, 2.75) is 193 Å². The molecule has 3 unspecified atom stereocenters. The summed E-state index contributed by atoms with van der Waals surface area (Å²) in [6.45, 7) is 2.47. The van der Waals surface area contributed by atoms with Crippen molar-refractivity contribution < 1.29 is 47.8 Å². The fourth-order valence-corrected chi connectivity index (χ4v) is 6.15. The lowest BCUT2D eigenvalue weighted by molar-refractivity contribution is -0.147. The van der Waals surface area contributed by atoms with Crippen LogP contribution in [0.15, 0.2) is 0 Å². The quantitative estimate of drug-likeness (QED) is 0.0281. The third-order valence-electron chi connectivity index (χ3n) is 8.40. The van der Waals surface area contributed by atoms with E-state index in [-0.39, 0.29) is 12.8 Å². The molecular weight excluding hydrogens is 637 g/mol. The van der Waals surface area contributed by atoms with Crippen LogP contribution in [0, 0.1) is 0 Å². The van der Waals surface area contributed by atoms with Gasteiger partial charge in [-0.25, -0.2) is 9.36 Å². The first-order valence-corrected chi connectivity index (χ1v) is 20.6. The van der Waals surface area contributed by atoms with Crippen LogP contribution in [-0.4, -0.2) is 64.9 Å². The van der Waals surface area contributed by atoms with Gasteiger partial charge in [-0.3, -0.25) is 18.6 Å². The minimum Gasteiger partial charge on any atom is -0.480 e. The third-order valence-corrected chi connectivity index (χ3v) is 9.35. The molecule has 0 aliphatic rings. The number of ether oxygens (including phenoxy) is 1. The highest BCUT2D eigenvalue weighted by Crippen LogP contribution is 2.43. The Morgan fingerprint density at radius 1 is 0.583 bits per heavy atom. The predicted molar refractivity (Wildman–Crippen MR) is 190 cm³/mol. The van der Waals surface area contributed by atoms with Gasteiger partial charge < -0.3 is 25.2 Å². The Labute approximate surface area is 291 Å². The van der Waals surface area contributed by atoms with E-state index >= 15 is 0 Å². The zero-order valence-corrected chi connectivity index (χ0v) is 31.2. The molecule has 0 aromatic carbocycles. The molecule has 0 fully saturated rings. The topological polar surface area (TPSA) is 169 Å². The fourth-order valence-electron chi connectivity index (χ4n) is 5.37. The number of hydrogen-bond donors (Lipinski definition) is 4. The molecule has 12 heteroatoms. The van der Waals surface area contributed by atoms with Crippen molar-refractivity contribution in [2.75, 3.05) is 19.8 Å². The van der Waals surface area contributed by atoms with Crippen LogP contribution in [0.25, 0.3) is 0 Å². The molecule has 11 nitrogen and oxygen atoms in total. The molecule has 0 heterocycles. The number of amides is 1. The summed E-state index contributed by atoms with van der Waals surface area (Å²) in [5.74, 6) is -2.38. The summed E-state index contributed by atoms with van der Waals surface area (Å²) < 4.78 is 26.6. The molecule has 4 N–H and O–H groups in total. The second-order valence-electron chi connectivity index (χ2n) is 13.1. The first kappa shape index (κ1) is 46.5. The van der Waals surface area contributed by atoms with Crippen LogP contribution in [0.2, 0.25) is 0 Å². The van der Waals surface area contributed by atoms with Gasteiger partial charge in [-0.05, 0) is 12.8 Å². The van der Waals surface area contributed by atoms with Crippen LogP contribution < -0.4 is 5.32 Å². The van der Waals surface area contributed by atoms with Crippen molar-refractivity contribution in [2.24, 2.45) is 0 Å². The van der Waals surface area contributed by atoms with Gasteiger partial charge in [0.1, 0.15) is 12.7 Å². The highest BCUT2D eigenvalue weighted by atomic mass is 31.2. The van der Waals surface area contributed by atoms with Gasteiger partial charge in [0.25, 0.3) is 0 Å². The number of carboxylic acids is 1. The Balaban J connectivity index is 3.77. The van der Waals surface area contributed by atoms with Crippen LogP contribution in [0.3, 0.4) is 0 Å². The van der Waals surface area contributed by atoms with E-state index in [1.807, 2.05) is 0 Å². The summed E-state index contributed by atoms with van der Waals surface area (Å²) in [6, 6.07) is -1.54. The second kappa shape index (κ2) is 32.7. The lowest BCUT2D eigenvalue weighted by atomic mass is 10.0. The zero-order chi connectivity index (χ0) is 35.7. The van der Waals surface area contributed by atoms with Crippen LogP contribution >= 0.6 is 7.82 Å². The van der Waals surface area contributed by atoms with E-state index in [0.717, 1.165) is 44.9 Å². The number of hydrogen-bond acceptors (Lipinski definition) is 8.